The number of nitrogens with one attached hydrogen (secondary N) is 3. The average Bonchev–Trinajstić information content (AvgIpc) is 2.75. The molecule has 5 heteroatoms. The third kappa shape index (κ3) is 6.22. The average molecular weight is 212 g/mol. The first-order valence-electron chi connectivity index (χ1n) is 5.32. The molecule has 5 nitrogen and oxygen atoms in total. The normalized spacial score (nSPS) is 10.7. The van der Waals surface area contributed by atoms with Crippen LogP contribution in [0, 0.1) is 0 Å². The highest BCUT2D eigenvalue weighted by Gasteiger charge is 1.92. The SMILES string of the molecule is COCCNCCNCCc1ccn[nH]1. The minimum Gasteiger partial charge on any atom is -0.383 e. The molecule has 0 spiro atoms. The molecule has 15 heavy (non-hydrogen) atoms. The number of aromatic amines is 1. The van der Waals surface area contributed by atoms with E-state index in [4.69, 9.17) is 4.74 Å². The third-order valence-corrected chi connectivity index (χ3v) is 2.09. The molecule has 0 bridgehead atoms. The molecule has 1 heterocycles. The largest absolute Gasteiger partial charge is 0.383 e. The van der Waals surface area contributed by atoms with E-state index in [1.54, 1.807) is 13.3 Å². The number of methoxy groups -OCH3 is 1. The molecule has 86 valence electrons. The first-order valence-corrected chi connectivity index (χ1v) is 5.32. The second kappa shape index (κ2) is 8.40. The Morgan fingerprint density at radius 3 is 2.73 bits per heavy atom. The molecule has 3 N–H and O–H groups in total. The quantitative estimate of drug-likeness (QED) is 0.495. The third-order valence-electron chi connectivity index (χ3n) is 2.09. The smallest absolute Gasteiger partial charge is 0.0587 e. The van der Waals surface area contributed by atoms with Crippen molar-refractivity contribution in [1.29, 1.82) is 0 Å². The fourth-order valence-corrected chi connectivity index (χ4v) is 1.25. The molecule has 1 aromatic heterocycles. The van der Waals surface area contributed by atoms with E-state index in [0.717, 1.165) is 39.2 Å². The van der Waals surface area contributed by atoms with Gasteiger partial charge in [0.1, 0.15) is 0 Å². The molecular weight excluding hydrogens is 192 g/mol. The summed E-state index contributed by atoms with van der Waals surface area (Å²) in [5.74, 6) is 0. The molecule has 0 aliphatic rings. The second-order valence-corrected chi connectivity index (χ2v) is 3.32. The Morgan fingerprint density at radius 2 is 2.07 bits per heavy atom. The number of nitrogens with zero attached hydrogens (tertiary/aromatic N) is 1. The molecule has 0 saturated heterocycles. The first kappa shape index (κ1) is 12.2. The van der Waals surface area contributed by atoms with Crippen molar-refractivity contribution in [3.8, 4) is 0 Å². The molecule has 0 aromatic carbocycles. The van der Waals surface area contributed by atoms with E-state index < -0.39 is 0 Å². The summed E-state index contributed by atoms with van der Waals surface area (Å²) < 4.78 is 4.92. The minimum absolute atomic E-state index is 0.772. The molecule has 0 fully saturated rings. The van der Waals surface area contributed by atoms with Crippen molar-refractivity contribution in [3.05, 3.63) is 18.0 Å². The van der Waals surface area contributed by atoms with Crippen molar-refractivity contribution >= 4 is 0 Å². The number of hydrogen-bond acceptors (Lipinski definition) is 4. The van der Waals surface area contributed by atoms with Crippen molar-refractivity contribution < 1.29 is 4.74 Å². The lowest BCUT2D eigenvalue weighted by Crippen LogP contribution is -2.30. The lowest BCUT2D eigenvalue weighted by Gasteiger charge is -2.05. The summed E-state index contributed by atoms with van der Waals surface area (Å²) in [4.78, 5) is 0. The fourth-order valence-electron chi connectivity index (χ4n) is 1.25. The van der Waals surface area contributed by atoms with Crippen molar-refractivity contribution in [2.75, 3.05) is 39.9 Å². The number of aromatic nitrogens is 2. The lowest BCUT2D eigenvalue weighted by atomic mass is 10.3. The maximum Gasteiger partial charge on any atom is 0.0587 e. The topological polar surface area (TPSA) is 62.0 Å². The Bertz CT molecular complexity index is 225. The maximum absolute atomic E-state index is 4.92. The van der Waals surface area contributed by atoms with E-state index in [1.165, 1.54) is 5.69 Å². The lowest BCUT2D eigenvalue weighted by molar-refractivity contribution is 0.199. The predicted molar refractivity (Wildman–Crippen MR) is 59.9 cm³/mol. The number of rotatable bonds is 9. The zero-order valence-corrected chi connectivity index (χ0v) is 9.25. The molecule has 0 atom stereocenters. The Hall–Kier alpha value is -0.910. The van der Waals surface area contributed by atoms with Crippen LogP contribution in [0.5, 0.6) is 0 Å². The molecule has 1 rings (SSSR count). The van der Waals surface area contributed by atoms with Crippen LogP contribution >= 0.6 is 0 Å². The van der Waals surface area contributed by atoms with Gasteiger partial charge in [-0.25, -0.2) is 0 Å². The molecule has 0 saturated carbocycles. The Morgan fingerprint density at radius 1 is 1.27 bits per heavy atom. The van der Waals surface area contributed by atoms with Crippen LogP contribution < -0.4 is 10.6 Å². The van der Waals surface area contributed by atoms with Crippen LogP contribution in [0.3, 0.4) is 0 Å². The highest BCUT2D eigenvalue weighted by Crippen LogP contribution is 1.90. The Balaban J connectivity index is 1.81. The molecule has 0 unspecified atom stereocenters. The number of H-pyrrole nitrogens is 1. The van der Waals surface area contributed by atoms with Crippen LogP contribution in [0.1, 0.15) is 5.69 Å². The number of hydrogen-bond donors (Lipinski definition) is 3. The van der Waals surface area contributed by atoms with Crippen molar-refractivity contribution in [2.45, 2.75) is 6.42 Å². The summed E-state index contributed by atoms with van der Waals surface area (Å²) in [6.45, 7) is 4.63. The zero-order chi connectivity index (χ0) is 10.8. The second-order valence-electron chi connectivity index (χ2n) is 3.32. The van der Waals surface area contributed by atoms with Crippen LogP contribution in [0.15, 0.2) is 12.3 Å². The highest BCUT2D eigenvalue weighted by atomic mass is 16.5. The van der Waals surface area contributed by atoms with Crippen LogP contribution in [0.25, 0.3) is 0 Å². The monoisotopic (exact) mass is 212 g/mol. The van der Waals surface area contributed by atoms with Gasteiger partial charge in [0.2, 0.25) is 0 Å². The van der Waals surface area contributed by atoms with Gasteiger partial charge in [0.05, 0.1) is 6.61 Å². The van der Waals surface area contributed by atoms with Crippen molar-refractivity contribution in [2.24, 2.45) is 0 Å². The summed E-state index contributed by atoms with van der Waals surface area (Å²) in [5.41, 5.74) is 1.18. The van der Waals surface area contributed by atoms with Gasteiger partial charge in [-0.2, -0.15) is 5.10 Å². The summed E-state index contributed by atoms with van der Waals surface area (Å²) in [6.07, 6.45) is 2.78. The minimum atomic E-state index is 0.772. The molecule has 0 radical (unpaired) electrons. The summed E-state index contributed by atoms with van der Waals surface area (Å²) in [5, 5.41) is 13.4. The van der Waals surface area contributed by atoms with Crippen molar-refractivity contribution in [3.63, 3.8) is 0 Å². The van der Waals surface area contributed by atoms with Gasteiger partial charge in [0.25, 0.3) is 0 Å². The van der Waals surface area contributed by atoms with E-state index in [1.807, 2.05) is 6.07 Å². The highest BCUT2D eigenvalue weighted by molar-refractivity contribution is 4.97. The molecular formula is C10H20N4O. The van der Waals surface area contributed by atoms with Crippen LogP contribution in [-0.4, -0.2) is 50.1 Å². The summed E-state index contributed by atoms with van der Waals surface area (Å²) in [6, 6.07) is 2.00. The van der Waals surface area contributed by atoms with Gasteiger partial charge in [-0.1, -0.05) is 0 Å². The van der Waals surface area contributed by atoms with E-state index in [2.05, 4.69) is 20.8 Å². The summed E-state index contributed by atoms with van der Waals surface area (Å²) in [7, 11) is 1.71. The maximum atomic E-state index is 4.92. The van der Waals surface area contributed by atoms with E-state index in [-0.39, 0.29) is 0 Å². The van der Waals surface area contributed by atoms with Gasteiger partial charge in [0, 0.05) is 51.6 Å². The molecule has 0 aliphatic carbocycles. The van der Waals surface area contributed by atoms with Gasteiger partial charge in [-0.05, 0) is 6.07 Å². The standard InChI is InChI=1S/C10H20N4O/c1-15-9-8-12-7-6-11-4-2-10-3-5-13-14-10/h3,5,11-12H,2,4,6-9H2,1H3,(H,13,14). The van der Waals surface area contributed by atoms with Gasteiger partial charge in [0.15, 0.2) is 0 Å². The van der Waals surface area contributed by atoms with Crippen LogP contribution in [-0.2, 0) is 11.2 Å². The first-order chi connectivity index (χ1) is 7.43. The van der Waals surface area contributed by atoms with Gasteiger partial charge in [-0.15, -0.1) is 0 Å². The van der Waals surface area contributed by atoms with E-state index >= 15 is 0 Å². The Kier molecular flexibility index (Phi) is 6.81. The number of ether oxygens (including phenoxy) is 1. The van der Waals surface area contributed by atoms with Crippen LogP contribution in [0.4, 0.5) is 0 Å². The van der Waals surface area contributed by atoms with Crippen molar-refractivity contribution in [1.82, 2.24) is 20.8 Å². The van der Waals surface area contributed by atoms with Gasteiger partial charge >= 0.3 is 0 Å². The molecule has 0 aliphatic heterocycles. The fraction of sp³-hybridized carbons (Fsp3) is 0.700. The predicted octanol–water partition coefficient (Wildman–Crippen LogP) is -0.222. The van der Waals surface area contributed by atoms with Gasteiger partial charge in [-0.3, -0.25) is 5.10 Å². The van der Waals surface area contributed by atoms with Crippen LogP contribution in [0.2, 0.25) is 0 Å². The Labute approximate surface area is 90.6 Å². The summed E-state index contributed by atoms with van der Waals surface area (Å²) >= 11 is 0. The van der Waals surface area contributed by atoms with Gasteiger partial charge < -0.3 is 15.4 Å². The molecule has 0 amide bonds. The zero-order valence-electron chi connectivity index (χ0n) is 9.25. The van der Waals surface area contributed by atoms with E-state index in [9.17, 15) is 0 Å². The molecule has 1 aromatic rings. The van der Waals surface area contributed by atoms with E-state index in [0.29, 0.717) is 0 Å².